The number of hydrogen-bond acceptors (Lipinski definition) is 1. The van der Waals surface area contributed by atoms with Crippen LogP contribution in [0.1, 0.15) is 27.7 Å². The molecule has 1 aromatic rings. The van der Waals surface area contributed by atoms with Gasteiger partial charge < -0.3 is 0 Å². The molecule has 0 atom stereocenters. The average Bonchev–Trinajstić information content (AvgIpc) is 1.88. The lowest BCUT2D eigenvalue weighted by molar-refractivity contribution is 0.469. The molecule has 0 aliphatic heterocycles. The predicted molar refractivity (Wildman–Crippen MR) is 55.1 cm³/mol. The summed E-state index contributed by atoms with van der Waals surface area (Å²) < 4.78 is 0. The summed E-state index contributed by atoms with van der Waals surface area (Å²) in [5.74, 6) is 0. The Bertz CT molecular complexity index is 134. The van der Waals surface area contributed by atoms with E-state index in [4.69, 9.17) is 0 Å². The van der Waals surface area contributed by atoms with Crippen molar-refractivity contribution in [3.8, 4) is 0 Å². The molecule has 1 rings (SSSR count). The largest absolute Gasteiger partial charge is 0.265 e. The van der Waals surface area contributed by atoms with Crippen molar-refractivity contribution in [2.45, 2.75) is 27.7 Å². The maximum absolute atomic E-state index is 3.78. The van der Waals surface area contributed by atoms with Crippen LogP contribution in [0.15, 0.2) is 30.6 Å². The topological polar surface area (TPSA) is 12.9 Å². The molecule has 0 unspecified atom stereocenters. The van der Waals surface area contributed by atoms with Crippen molar-refractivity contribution in [1.82, 2.24) is 4.98 Å². The van der Waals surface area contributed by atoms with E-state index in [1.807, 2.05) is 18.2 Å². The fraction of sp³-hybridized carbons (Fsp3) is 0.500. The van der Waals surface area contributed by atoms with Crippen LogP contribution < -0.4 is 0 Å². The Hall–Kier alpha value is -0.785. The summed E-state index contributed by atoms with van der Waals surface area (Å²) in [4.78, 5) is 3.78. The molecule has 2 heteroatoms. The molecule has 3 radical (unpaired) electrons. The standard InChI is InChI=1S/C5H5N.C5H12.B/c1-2-4-6-5-3-1;1-5(2,3)4;/h1-5H;1-4H3;. The Labute approximate surface area is 77.8 Å². The molecular formula is C10H17BN. The van der Waals surface area contributed by atoms with Crippen LogP contribution in [-0.2, 0) is 0 Å². The van der Waals surface area contributed by atoms with Gasteiger partial charge in [-0.2, -0.15) is 0 Å². The molecule has 1 nitrogen and oxygen atoms in total. The van der Waals surface area contributed by atoms with Crippen molar-refractivity contribution < 1.29 is 0 Å². The summed E-state index contributed by atoms with van der Waals surface area (Å²) in [6, 6.07) is 5.72. The van der Waals surface area contributed by atoms with Gasteiger partial charge in [0.2, 0.25) is 0 Å². The fourth-order valence-corrected chi connectivity index (χ4v) is 0.313. The minimum Gasteiger partial charge on any atom is -0.265 e. The zero-order valence-corrected chi connectivity index (χ0v) is 8.41. The Balaban J connectivity index is 0. The van der Waals surface area contributed by atoms with Gasteiger partial charge in [0.25, 0.3) is 0 Å². The van der Waals surface area contributed by atoms with Crippen molar-refractivity contribution in [3.05, 3.63) is 30.6 Å². The molecule has 0 bridgehead atoms. The summed E-state index contributed by atoms with van der Waals surface area (Å²) in [7, 11) is 0. The van der Waals surface area contributed by atoms with Gasteiger partial charge in [0.05, 0.1) is 0 Å². The maximum Gasteiger partial charge on any atom is 0.0267 e. The lowest BCUT2D eigenvalue weighted by Crippen LogP contribution is -1.93. The molecule has 0 saturated carbocycles. The molecule has 0 aliphatic carbocycles. The lowest BCUT2D eigenvalue weighted by Gasteiger charge is -2.05. The molecule has 0 fully saturated rings. The molecule has 0 saturated heterocycles. The van der Waals surface area contributed by atoms with Gasteiger partial charge in [0.1, 0.15) is 0 Å². The third-order valence-electron chi connectivity index (χ3n) is 0.566. The third-order valence-corrected chi connectivity index (χ3v) is 0.566. The first-order chi connectivity index (χ1) is 5.00. The second-order valence-electron chi connectivity index (χ2n) is 4.02. The van der Waals surface area contributed by atoms with Gasteiger partial charge in [-0.1, -0.05) is 33.8 Å². The molecule has 0 amide bonds. The van der Waals surface area contributed by atoms with Crippen LogP contribution in [0.3, 0.4) is 0 Å². The highest BCUT2D eigenvalue weighted by Crippen LogP contribution is 2.07. The minimum absolute atomic E-state index is 0. The van der Waals surface area contributed by atoms with Crippen LogP contribution in [0.4, 0.5) is 0 Å². The van der Waals surface area contributed by atoms with Crippen molar-refractivity contribution in [2.24, 2.45) is 5.41 Å². The highest BCUT2D eigenvalue weighted by atomic mass is 14.6. The van der Waals surface area contributed by atoms with Gasteiger partial charge in [-0.15, -0.1) is 0 Å². The Morgan fingerprint density at radius 1 is 0.833 bits per heavy atom. The third kappa shape index (κ3) is 22.9. The molecule has 1 heterocycles. The van der Waals surface area contributed by atoms with E-state index in [0.29, 0.717) is 5.41 Å². The number of nitrogens with zero attached hydrogens (tertiary/aromatic N) is 1. The van der Waals surface area contributed by atoms with E-state index in [1.165, 1.54) is 0 Å². The van der Waals surface area contributed by atoms with E-state index in [0.717, 1.165) is 0 Å². The van der Waals surface area contributed by atoms with Gasteiger partial charge in [-0.3, -0.25) is 4.98 Å². The summed E-state index contributed by atoms with van der Waals surface area (Å²) >= 11 is 0. The van der Waals surface area contributed by atoms with Crippen molar-refractivity contribution in [2.75, 3.05) is 0 Å². The van der Waals surface area contributed by atoms with Gasteiger partial charge in [0, 0.05) is 20.8 Å². The smallest absolute Gasteiger partial charge is 0.0267 e. The molecular weight excluding hydrogens is 145 g/mol. The molecule has 65 valence electrons. The van der Waals surface area contributed by atoms with Gasteiger partial charge in [-0.05, 0) is 17.5 Å². The maximum atomic E-state index is 3.78. The van der Waals surface area contributed by atoms with Gasteiger partial charge in [0.15, 0.2) is 0 Å². The normalized spacial score (nSPS) is 9.00. The Morgan fingerprint density at radius 3 is 1.25 bits per heavy atom. The van der Waals surface area contributed by atoms with E-state index >= 15 is 0 Å². The second-order valence-corrected chi connectivity index (χ2v) is 4.02. The van der Waals surface area contributed by atoms with Gasteiger partial charge >= 0.3 is 0 Å². The first-order valence-electron chi connectivity index (χ1n) is 3.85. The lowest BCUT2D eigenvalue weighted by atomic mass is 10.0. The van der Waals surface area contributed by atoms with Crippen LogP contribution in [-0.4, -0.2) is 13.4 Å². The SMILES string of the molecule is CC(C)(C)C.[B].c1ccncc1. The van der Waals surface area contributed by atoms with Crippen molar-refractivity contribution in [1.29, 1.82) is 0 Å². The zero-order valence-electron chi connectivity index (χ0n) is 8.41. The Kier molecular flexibility index (Phi) is 7.92. The van der Waals surface area contributed by atoms with Crippen molar-refractivity contribution >= 4 is 8.41 Å². The fourth-order valence-electron chi connectivity index (χ4n) is 0.313. The first-order valence-corrected chi connectivity index (χ1v) is 3.85. The van der Waals surface area contributed by atoms with E-state index in [1.54, 1.807) is 12.4 Å². The van der Waals surface area contributed by atoms with Crippen LogP contribution >= 0.6 is 0 Å². The number of pyridine rings is 1. The highest BCUT2D eigenvalue weighted by Gasteiger charge is 1.95. The van der Waals surface area contributed by atoms with Crippen molar-refractivity contribution in [3.63, 3.8) is 0 Å². The molecule has 0 aromatic carbocycles. The average molecular weight is 162 g/mol. The van der Waals surface area contributed by atoms with E-state index < -0.39 is 0 Å². The summed E-state index contributed by atoms with van der Waals surface area (Å²) in [5.41, 5.74) is 0.500. The van der Waals surface area contributed by atoms with Crippen LogP contribution in [0.25, 0.3) is 0 Å². The highest BCUT2D eigenvalue weighted by molar-refractivity contribution is 5.75. The number of hydrogen-bond donors (Lipinski definition) is 0. The van der Waals surface area contributed by atoms with Gasteiger partial charge in [-0.25, -0.2) is 0 Å². The summed E-state index contributed by atoms with van der Waals surface area (Å²) in [6.45, 7) is 8.75. The van der Waals surface area contributed by atoms with E-state index in [-0.39, 0.29) is 8.41 Å². The molecule has 1 aromatic heterocycles. The molecule has 0 aliphatic rings. The monoisotopic (exact) mass is 162 g/mol. The van der Waals surface area contributed by atoms with Crippen LogP contribution in [0.2, 0.25) is 0 Å². The molecule has 0 spiro atoms. The number of rotatable bonds is 0. The minimum atomic E-state index is 0. The van der Waals surface area contributed by atoms with E-state index in [2.05, 4.69) is 32.7 Å². The van der Waals surface area contributed by atoms with E-state index in [9.17, 15) is 0 Å². The van der Waals surface area contributed by atoms with Crippen LogP contribution in [0, 0.1) is 5.41 Å². The zero-order chi connectivity index (χ0) is 8.74. The number of aromatic nitrogens is 1. The quantitative estimate of drug-likeness (QED) is 0.534. The predicted octanol–water partition coefficient (Wildman–Crippen LogP) is 2.75. The van der Waals surface area contributed by atoms with Crippen LogP contribution in [0.5, 0.6) is 0 Å². The Morgan fingerprint density at radius 2 is 1.17 bits per heavy atom. The summed E-state index contributed by atoms with van der Waals surface area (Å²) in [5, 5.41) is 0. The first kappa shape index (κ1) is 13.8. The summed E-state index contributed by atoms with van der Waals surface area (Å²) in [6.07, 6.45) is 3.50. The second kappa shape index (κ2) is 6.90. The molecule has 12 heavy (non-hydrogen) atoms. The molecule has 0 N–H and O–H groups in total.